The van der Waals surface area contributed by atoms with Gasteiger partial charge in [0, 0.05) is 0 Å². The van der Waals surface area contributed by atoms with Crippen molar-refractivity contribution in [1.82, 2.24) is 0 Å². The Labute approximate surface area is 105 Å². The Hall–Kier alpha value is -0.790. The molecule has 0 amide bonds. The average molecular weight is 238 g/mol. The molecule has 0 saturated heterocycles. The van der Waals surface area contributed by atoms with E-state index in [0.717, 1.165) is 19.3 Å². The monoisotopic (exact) mass is 238 g/mol. The topological polar surface area (TPSA) is 26.3 Å². The molecule has 2 heteroatoms. The maximum atomic E-state index is 11.7. The van der Waals surface area contributed by atoms with Gasteiger partial charge in [-0.15, -0.1) is 6.58 Å². The van der Waals surface area contributed by atoms with Crippen molar-refractivity contribution in [2.24, 2.45) is 11.3 Å². The third kappa shape index (κ3) is 3.86. The molecule has 1 aliphatic rings. The van der Waals surface area contributed by atoms with Crippen LogP contribution in [0, 0.1) is 11.3 Å². The minimum Gasteiger partial charge on any atom is -0.466 e. The highest BCUT2D eigenvalue weighted by atomic mass is 16.5. The fraction of sp³-hybridized carbons (Fsp3) is 0.800. The van der Waals surface area contributed by atoms with Crippen LogP contribution in [0.15, 0.2) is 12.7 Å². The normalized spacial score (nSPS) is 26.6. The van der Waals surface area contributed by atoms with Crippen LogP contribution >= 0.6 is 0 Å². The van der Waals surface area contributed by atoms with Crippen molar-refractivity contribution >= 4 is 5.97 Å². The van der Waals surface area contributed by atoms with E-state index in [1.807, 2.05) is 13.0 Å². The lowest BCUT2D eigenvalue weighted by Crippen LogP contribution is -2.13. The summed E-state index contributed by atoms with van der Waals surface area (Å²) in [6.07, 6.45) is 10.2. The molecule has 1 fully saturated rings. The van der Waals surface area contributed by atoms with Gasteiger partial charge in [-0.2, -0.15) is 0 Å². The van der Waals surface area contributed by atoms with Gasteiger partial charge in [-0.05, 0) is 31.6 Å². The van der Waals surface area contributed by atoms with Crippen LogP contribution in [0.1, 0.15) is 58.8 Å². The third-order valence-electron chi connectivity index (χ3n) is 3.84. The second-order valence-electron chi connectivity index (χ2n) is 5.17. The van der Waals surface area contributed by atoms with Crippen molar-refractivity contribution in [1.29, 1.82) is 0 Å². The minimum atomic E-state index is 0.00448. The second-order valence-corrected chi connectivity index (χ2v) is 5.17. The third-order valence-corrected chi connectivity index (χ3v) is 3.84. The van der Waals surface area contributed by atoms with E-state index in [1.54, 1.807) is 0 Å². The summed E-state index contributed by atoms with van der Waals surface area (Å²) in [4.78, 5) is 11.7. The smallest absolute Gasteiger partial charge is 0.309 e. The van der Waals surface area contributed by atoms with Gasteiger partial charge < -0.3 is 4.74 Å². The fourth-order valence-corrected chi connectivity index (χ4v) is 2.72. The van der Waals surface area contributed by atoms with Gasteiger partial charge in [0.05, 0.1) is 12.5 Å². The van der Waals surface area contributed by atoms with Gasteiger partial charge in [0.2, 0.25) is 0 Å². The molecule has 0 N–H and O–H groups in total. The number of ether oxygens (including phenoxy) is 1. The lowest BCUT2D eigenvalue weighted by Gasteiger charge is -2.14. The van der Waals surface area contributed by atoms with Gasteiger partial charge in [-0.1, -0.05) is 38.7 Å². The van der Waals surface area contributed by atoms with E-state index >= 15 is 0 Å². The largest absolute Gasteiger partial charge is 0.466 e. The number of carbonyl (C=O) groups excluding carboxylic acids is 1. The van der Waals surface area contributed by atoms with Crippen molar-refractivity contribution < 1.29 is 9.53 Å². The number of hydrogen-bond acceptors (Lipinski definition) is 2. The van der Waals surface area contributed by atoms with Gasteiger partial charge in [0.25, 0.3) is 0 Å². The van der Waals surface area contributed by atoms with Crippen LogP contribution in [-0.2, 0) is 9.53 Å². The van der Waals surface area contributed by atoms with E-state index in [9.17, 15) is 4.79 Å². The fourth-order valence-electron chi connectivity index (χ4n) is 2.72. The summed E-state index contributed by atoms with van der Waals surface area (Å²) in [5.41, 5.74) is 0.196. The van der Waals surface area contributed by atoms with Crippen molar-refractivity contribution in [2.45, 2.75) is 58.8 Å². The van der Waals surface area contributed by atoms with Crippen LogP contribution in [0.5, 0.6) is 0 Å². The van der Waals surface area contributed by atoms with E-state index in [4.69, 9.17) is 4.74 Å². The summed E-state index contributed by atoms with van der Waals surface area (Å²) in [6, 6.07) is 0. The molecule has 0 aromatic heterocycles. The SMILES string of the molecule is C=CC[C@@]1(CCCCCC)C[C@@H]1C(=O)OCC. The first kappa shape index (κ1) is 14.3. The number of rotatable bonds is 9. The van der Waals surface area contributed by atoms with Crippen LogP contribution in [0.2, 0.25) is 0 Å². The van der Waals surface area contributed by atoms with Crippen LogP contribution in [0.3, 0.4) is 0 Å². The molecule has 17 heavy (non-hydrogen) atoms. The van der Waals surface area contributed by atoms with Gasteiger partial charge in [-0.3, -0.25) is 4.79 Å². The van der Waals surface area contributed by atoms with E-state index < -0.39 is 0 Å². The van der Waals surface area contributed by atoms with Crippen molar-refractivity contribution in [2.75, 3.05) is 6.61 Å². The summed E-state index contributed by atoms with van der Waals surface area (Å²) in [5.74, 6) is 0.145. The molecule has 0 aromatic rings. The first-order valence-corrected chi connectivity index (χ1v) is 6.97. The summed E-state index contributed by atoms with van der Waals surface area (Å²) in [5, 5.41) is 0. The lowest BCUT2D eigenvalue weighted by atomic mass is 9.91. The zero-order valence-electron chi connectivity index (χ0n) is 11.3. The van der Waals surface area contributed by atoms with Crippen molar-refractivity contribution in [3.8, 4) is 0 Å². The second kappa shape index (κ2) is 6.83. The van der Waals surface area contributed by atoms with E-state index in [0.29, 0.717) is 6.61 Å². The lowest BCUT2D eigenvalue weighted by molar-refractivity contribution is -0.145. The Balaban J connectivity index is 2.38. The summed E-state index contributed by atoms with van der Waals surface area (Å²) < 4.78 is 5.12. The molecule has 0 heterocycles. The van der Waals surface area contributed by atoms with Gasteiger partial charge in [-0.25, -0.2) is 0 Å². The molecule has 1 rings (SSSR count). The molecule has 0 spiro atoms. The minimum absolute atomic E-state index is 0.00448. The predicted octanol–water partition coefficient (Wildman–Crippen LogP) is 4.10. The maximum Gasteiger partial charge on any atom is 0.309 e. The van der Waals surface area contributed by atoms with Crippen molar-refractivity contribution in [3.63, 3.8) is 0 Å². The molecule has 0 bridgehead atoms. The summed E-state index contributed by atoms with van der Waals surface area (Å²) in [6.45, 7) is 8.41. The number of carbonyl (C=O) groups is 1. The Morgan fingerprint density at radius 3 is 2.76 bits per heavy atom. The molecule has 0 unspecified atom stereocenters. The molecule has 0 radical (unpaired) electrons. The Kier molecular flexibility index (Phi) is 5.73. The number of allylic oxidation sites excluding steroid dienone is 1. The predicted molar refractivity (Wildman–Crippen MR) is 70.7 cm³/mol. The van der Waals surface area contributed by atoms with E-state index in [-0.39, 0.29) is 17.3 Å². The van der Waals surface area contributed by atoms with Gasteiger partial charge in [0.1, 0.15) is 0 Å². The van der Waals surface area contributed by atoms with Gasteiger partial charge in [0.15, 0.2) is 0 Å². The van der Waals surface area contributed by atoms with Crippen LogP contribution in [-0.4, -0.2) is 12.6 Å². The molecule has 0 aliphatic heterocycles. The molecule has 2 atom stereocenters. The zero-order chi connectivity index (χ0) is 12.7. The molecular formula is C15H26O2. The molecule has 0 aromatic carbocycles. The van der Waals surface area contributed by atoms with Crippen molar-refractivity contribution in [3.05, 3.63) is 12.7 Å². The molecule has 1 aliphatic carbocycles. The highest BCUT2D eigenvalue weighted by molar-refractivity contribution is 5.77. The van der Waals surface area contributed by atoms with E-state index in [1.165, 1.54) is 25.7 Å². The van der Waals surface area contributed by atoms with Crippen LogP contribution in [0.25, 0.3) is 0 Å². The summed E-state index contributed by atoms with van der Waals surface area (Å²) in [7, 11) is 0. The quantitative estimate of drug-likeness (QED) is 0.343. The number of hydrogen-bond donors (Lipinski definition) is 0. The zero-order valence-corrected chi connectivity index (χ0v) is 11.3. The summed E-state index contributed by atoms with van der Waals surface area (Å²) >= 11 is 0. The highest BCUT2D eigenvalue weighted by Gasteiger charge is 2.57. The number of esters is 1. The van der Waals surface area contributed by atoms with Crippen LogP contribution < -0.4 is 0 Å². The highest BCUT2D eigenvalue weighted by Crippen LogP contribution is 2.59. The Bertz CT molecular complexity index is 260. The first-order chi connectivity index (χ1) is 8.20. The molecular weight excluding hydrogens is 212 g/mol. The van der Waals surface area contributed by atoms with E-state index in [2.05, 4.69) is 13.5 Å². The molecule has 1 saturated carbocycles. The Morgan fingerprint density at radius 2 is 2.18 bits per heavy atom. The molecule has 2 nitrogen and oxygen atoms in total. The average Bonchev–Trinajstić information content (AvgIpc) is 3.01. The Morgan fingerprint density at radius 1 is 1.41 bits per heavy atom. The maximum absolute atomic E-state index is 11.7. The molecule has 98 valence electrons. The number of unbranched alkanes of at least 4 members (excludes halogenated alkanes) is 3. The first-order valence-electron chi connectivity index (χ1n) is 6.97. The van der Waals surface area contributed by atoms with Gasteiger partial charge >= 0.3 is 5.97 Å². The standard InChI is InChI=1S/C15H26O2/c1-4-7-8-9-11-15(10-5-2)12-13(15)14(16)17-6-3/h5,13H,2,4,6-12H2,1,3H3/t13-,15-/m1/s1. The van der Waals surface area contributed by atoms with Crippen LogP contribution in [0.4, 0.5) is 0 Å².